The minimum absolute atomic E-state index is 0.224. The fraction of sp³-hybridized carbons (Fsp3) is 0.143. The Morgan fingerprint density at radius 3 is 2.47 bits per heavy atom. The van der Waals surface area contributed by atoms with Crippen LogP contribution in [-0.4, -0.2) is 16.6 Å². The van der Waals surface area contributed by atoms with Crippen molar-refractivity contribution in [3.8, 4) is 5.75 Å². The van der Waals surface area contributed by atoms with Crippen molar-refractivity contribution >= 4 is 26.7 Å². The molecule has 5 heteroatoms. The molecule has 2 aromatic rings. The van der Waals surface area contributed by atoms with Gasteiger partial charge in [0.05, 0.1) is 21.4 Å². The Bertz CT molecular complexity index is 572. The van der Waals surface area contributed by atoms with E-state index in [1.165, 1.54) is 12.1 Å². The van der Waals surface area contributed by atoms with Crippen LogP contribution < -0.4 is 4.74 Å². The van der Waals surface area contributed by atoms with Gasteiger partial charge in [-0.05, 0) is 36.4 Å². The minimum Gasteiger partial charge on any atom is -0.493 e. The molecule has 0 N–H and O–H groups in total. The molecule has 0 saturated heterocycles. The summed E-state index contributed by atoms with van der Waals surface area (Å²) in [4.78, 5) is 0.224. The van der Waals surface area contributed by atoms with Crippen LogP contribution in [0.4, 0.5) is 4.39 Å². The van der Waals surface area contributed by atoms with Gasteiger partial charge in [0.25, 0.3) is 0 Å². The van der Waals surface area contributed by atoms with E-state index >= 15 is 0 Å². The molecule has 0 aliphatic rings. The zero-order valence-corrected chi connectivity index (χ0v) is 12.4. The molecule has 2 rings (SSSR count). The molecule has 1 atom stereocenters. The summed E-state index contributed by atoms with van der Waals surface area (Å²) in [5.41, 5.74) is 0. The zero-order valence-electron chi connectivity index (χ0n) is 10.0. The van der Waals surface area contributed by atoms with Gasteiger partial charge in [0.15, 0.2) is 0 Å². The van der Waals surface area contributed by atoms with E-state index in [4.69, 9.17) is 4.74 Å². The number of hydrogen-bond donors (Lipinski definition) is 0. The molecule has 0 heterocycles. The van der Waals surface area contributed by atoms with Gasteiger partial charge < -0.3 is 4.74 Å². The summed E-state index contributed by atoms with van der Waals surface area (Å²) < 4.78 is 31.7. The summed E-state index contributed by atoms with van der Waals surface area (Å²) >= 11 is 3.33. The maximum Gasteiger partial charge on any atom is 0.139 e. The molecule has 0 spiro atoms. The van der Waals surface area contributed by atoms with Gasteiger partial charge in [0, 0.05) is 4.47 Å². The second-order valence-electron chi connectivity index (χ2n) is 3.78. The third kappa shape index (κ3) is 4.14. The summed E-state index contributed by atoms with van der Waals surface area (Å²) in [5.74, 6) is 0.523. The smallest absolute Gasteiger partial charge is 0.139 e. The van der Waals surface area contributed by atoms with E-state index in [0.717, 1.165) is 4.47 Å². The van der Waals surface area contributed by atoms with Crippen LogP contribution in [0.3, 0.4) is 0 Å². The van der Waals surface area contributed by atoms with Crippen LogP contribution in [0.15, 0.2) is 57.9 Å². The van der Waals surface area contributed by atoms with E-state index in [9.17, 15) is 8.60 Å². The summed E-state index contributed by atoms with van der Waals surface area (Å²) in [6, 6.07) is 13.5. The van der Waals surface area contributed by atoms with Crippen LogP contribution in [0.2, 0.25) is 0 Å². The van der Waals surface area contributed by atoms with Gasteiger partial charge in [-0.1, -0.05) is 28.1 Å². The Kier molecular flexibility index (Phi) is 5.10. The van der Waals surface area contributed by atoms with Crippen molar-refractivity contribution in [2.24, 2.45) is 0 Å². The standard InChI is InChI=1S/C14H12BrFO2S/c15-11-5-7-12(8-6-11)18-9-10-19(17)14-4-2-1-3-13(14)16/h1-8H,9-10H2. The predicted molar refractivity (Wildman–Crippen MR) is 77.3 cm³/mol. The molecule has 19 heavy (non-hydrogen) atoms. The summed E-state index contributed by atoms with van der Waals surface area (Å²) in [7, 11) is -1.38. The summed E-state index contributed by atoms with van der Waals surface area (Å²) in [5, 5.41) is 0. The SMILES string of the molecule is O=S(CCOc1ccc(Br)cc1)c1ccccc1F. The molecule has 100 valence electrons. The Balaban J connectivity index is 1.88. The number of hydrogen-bond acceptors (Lipinski definition) is 2. The molecule has 0 saturated carbocycles. The van der Waals surface area contributed by atoms with Gasteiger partial charge in [0.1, 0.15) is 18.2 Å². The van der Waals surface area contributed by atoms with Crippen molar-refractivity contribution in [1.29, 1.82) is 0 Å². The highest BCUT2D eigenvalue weighted by atomic mass is 79.9. The third-order valence-corrected chi connectivity index (χ3v) is 4.32. The fourth-order valence-electron chi connectivity index (χ4n) is 1.51. The Labute approximate surface area is 122 Å². The molecule has 2 nitrogen and oxygen atoms in total. The fourth-order valence-corrected chi connectivity index (χ4v) is 2.74. The molecule has 0 aromatic heterocycles. The van der Waals surface area contributed by atoms with Gasteiger partial charge in [-0.3, -0.25) is 4.21 Å². The Morgan fingerprint density at radius 1 is 1.11 bits per heavy atom. The molecule has 0 radical (unpaired) electrons. The number of halogens is 2. The van der Waals surface area contributed by atoms with E-state index in [-0.39, 0.29) is 17.3 Å². The third-order valence-electron chi connectivity index (χ3n) is 2.43. The average Bonchev–Trinajstić information content (AvgIpc) is 2.41. The van der Waals surface area contributed by atoms with E-state index in [1.54, 1.807) is 12.1 Å². The van der Waals surface area contributed by atoms with Crippen LogP contribution in [0.25, 0.3) is 0 Å². The van der Waals surface area contributed by atoms with Crippen LogP contribution in [0.5, 0.6) is 5.75 Å². The Hall–Kier alpha value is -1.20. The summed E-state index contributed by atoms with van der Waals surface area (Å²) in [6.45, 7) is 0.280. The quantitative estimate of drug-likeness (QED) is 0.826. The first kappa shape index (κ1) is 14.2. The second-order valence-corrected chi connectivity index (χ2v) is 6.24. The van der Waals surface area contributed by atoms with Crippen molar-refractivity contribution in [3.05, 3.63) is 58.8 Å². The molecule has 0 aliphatic carbocycles. The first-order valence-electron chi connectivity index (χ1n) is 5.68. The highest BCUT2D eigenvalue weighted by molar-refractivity contribution is 9.10. The van der Waals surface area contributed by atoms with Crippen molar-refractivity contribution in [1.82, 2.24) is 0 Å². The van der Waals surface area contributed by atoms with Crippen molar-refractivity contribution < 1.29 is 13.3 Å². The van der Waals surface area contributed by atoms with Gasteiger partial charge in [-0.15, -0.1) is 0 Å². The van der Waals surface area contributed by atoms with E-state index in [0.29, 0.717) is 5.75 Å². The lowest BCUT2D eigenvalue weighted by Gasteiger charge is -2.06. The lowest BCUT2D eigenvalue weighted by molar-refractivity contribution is 0.342. The van der Waals surface area contributed by atoms with Crippen LogP contribution in [0, 0.1) is 5.82 Å². The number of ether oxygens (including phenoxy) is 1. The first-order chi connectivity index (χ1) is 9.16. The zero-order chi connectivity index (χ0) is 13.7. The number of rotatable bonds is 5. The normalized spacial score (nSPS) is 12.1. The monoisotopic (exact) mass is 342 g/mol. The topological polar surface area (TPSA) is 26.3 Å². The highest BCUT2D eigenvalue weighted by Crippen LogP contribution is 2.16. The molecule has 0 fully saturated rings. The molecule has 0 bridgehead atoms. The first-order valence-corrected chi connectivity index (χ1v) is 7.79. The van der Waals surface area contributed by atoms with E-state index in [1.807, 2.05) is 24.3 Å². The maximum atomic E-state index is 13.4. The lowest BCUT2D eigenvalue weighted by Crippen LogP contribution is -2.09. The van der Waals surface area contributed by atoms with E-state index < -0.39 is 16.6 Å². The minimum atomic E-state index is -1.38. The van der Waals surface area contributed by atoms with Gasteiger partial charge >= 0.3 is 0 Å². The largest absolute Gasteiger partial charge is 0.493 e. The maximum absolute atomic E-state index is 13.4. The average molecular weight is 343 g/mol. The summed E-state index contributed by atoms with van der Waals surface area (Å²) in [6.07, 6.45) is 0. The van der Waals surface area contributed by atoms with Crippen LogP contribution >= 0.6 is 15.9 Å². The molecular weight excluding hydrogens is 331 g/mol. The van der Waals surface area contributed by atoms with Crippen molar-refractivity contribution in [3.63, 3.8) is 0 Å². The predicted octanol–water partition coefficient (Wildman–Crippen LogP) is 3.77. The van der Waals surface area contributed by atoms with Crippen molar-refractivity contribution in [2.45, 2.75) is 4.90 Å². The molecule has 1 unspecified atom stereocenters. The van der Waals surface area contributed by atoms with E-state index in [2.05, 4.69) is 15.9 Å². The molecule has 2 aromatic carbocycles. The molecule has 0 aliphatic heterocycles. The number of benzene rings is 2. The van der Waals surface area contributed by atoms with Gasteiger partial charge in [0.2, 0.25) is 0 Å². The second kappa shape index (κ2) is 6.82. The van der Waals surface area contributed by atoms with Gasteiger partial charge in [-0.25, -0.2) is 4.39 Å². The lowest BCUT2D eigenvalue weighted by atomic mass is 10.3. The van der Waals surface area contributed by atoms with Gasteiger partial charge in [-0.2, -0.15) is 0 Å². The van der Waals surface area contributed by atoms with Crippen LogP contribution in [-0.2, 0) is 10.8 Å². The molecular formula is C14H12BrFO2S. The molecule has 0 amide bonds. The van der Waals surface area contributed by atoms with Crippen LogP contribution in [0.1, 0.15) is 0 Å². The Morgan fingerprint density at radius 2 is 1.79 bits per heavy atom. The van der Waals surface area contributed by atoms with Crippen molar-refractivity contribution in [2.75, 3.05) is 12.4 Å². The highest BCUT2D eigenvalue weighted by Gasteiger charge is 2.09.